The molecule has 3 rings (SSSR count). The number of aromatic nitrogens is 4. The first-order valence-corrected chi connectivity index (χ1v) is 8.02. The fourth-order valence-corrected chi connectivity index (χ4v) is 3.18. The molecule has 0 N–H and O–H groups in total. The van der Waals surface area contributed by atoms with Crippen molar-refractivity contribution in [1.29, 1.82) is 0 Å². The molecule has 1 atom stereocenters. The standard InChI is InChI=1S/C16H24N6/c1-4-21(5-2)14-7-9-22(12-14)16-17-8-6-15(19-16)13-10-18-20(3)11-13/h6,8,10-11,14H,4-5,7,9,12H2,1-3H3/t14-/m1/s1. The largest absolute Gasteiger partial charge is 0.339 e. The van der Waals surface area contributed by atoms with Gasteiger partial charge in [-0.25, -0.2) is 9.97 Å². The third-order valence-electron chi connectivity index (χ3n) is 4.42. The van der Waals surface area contributed by atoms with Gasteiger partial charge in [0.05, 0.1) is 11.9 Å². The second-order valence-corrected chi connectivity index (χ2v) is 5.75. The van der Waals surface area contributed by atoms with E-state index in [2.05, 4.69) is 33.7 Å². The quantitative estimate of drug-likeness (QED) is 0.843. The molecule has 6 heteroatoms. The second-order valence-electron chi connectivity index (χ2n) is 5.75. The van der Waals surface area contributed by atoms with E-state index in [9.17, 15) is 0 Å². The van der Waals surface area contributed by atoms with E-state index < -0.39 is 0 Å². The van der Waals surface area contributed by atoms with Gasteiger partial charge in [-0.3, -0.25) is 9.58 Å². The van der Waals surface area contributed by atoms with E-state index in [1.165, 1.54) is 6.42 Å². The lowest BCUT2D eigenvalue weighted by Gasteiger charge is -2.26. The molecule has 118 valence electrons. The SMILES string of the molecule is CCN(CC)[C@@H]1CCN(c2nccc(-c3cnn(C)c3)n2)C1. The van der Waals surface area contributed by atoms with Gasteiger partial charge in [0.2, 0.25) is 5.95 Å². The first-order valence-electron chi connectivity index (χ1n) is 8.02. The van der Waals surface area contributed by atoms with Crippen molar-refractivity contribution in [3.8, 4) is 11.3 Å². The summed E-state index contributed by atoms with van der Waals surface area (Å²) in [6.07, 6.45) is 6.85. The molecule has 0 aromatic carbocycles. The highest BCUT2D eigenvalue weighted by atomic mass is 15.3. The molecule has 0 aliphatic carbocycles. The molecule has 2 aromatic rings. The Hall–Kier alpha value is -1.95. The van der Waals surface area contributed by atoms with E-state index in [4.69, 9.17) is 4.98 Å². The number of aryl methyl sites for hydroxylation is 1. The van der Waals surface area contributed by atoms with Crippen LogP contribution >= 0.6 is 0 Å². The van der Waals surface area contributed by atoms with Gasteiger partial charge in [0.15, 0.2) is 0 Å². The van der Waals surface area contributed by atoms with Crippen molar-refractivity contribution < 1.29 is 0 Å². The lowest BCUT2D eigenvalue weighted by molar-refractivity contribution is 0.232. The number of likely N-dealkylation sites (N-methyl/N-ethyl adjacent to an activating group) is 1. The molecule has 0 radical (unpaired) electrons. The Morgan fingerprint density at radius 2 is 2.14 bits per heavy atom. The smallest absolute Gasteiger partial charge is 0.225 e. The van der Waals surface area contributed by atoms with E-state index in [0.717, 1.165) is 43.4 Å². The summed E-state index contributed by atoms with van der Waals surface area (Å²) in [5, 5.41) is 4.21. The van der Waals surface area contributed by atoms with Crippen LogP contribution in [0, 0.1) is 0 Å². The van der Waals surface area contributed by atoms with Crippen LogP contribution in [0.2, 0.25) is 0 Å². The van der Waals surface area contributed by atoms with Crippen LogP contribution in [-0.2, 0) is 7.05 Å². The molecule has 1 aliphatic rings. The summed E-state index contributed by atoms with van der Waals surface area (Å²) in [4.78, 5) is 14.0. The molecule has 1 aliphatic heterocycles. The zero-order valence-corrected chi connectivity index (χ0v) is 13.6. The normalized spacial score (nSPS) is 18.4. The van der Waals surface area contributed by atoms with Gasteiger partial charge in [0.1, 0.15) is 0 Å². The molecule has 3 heterocycles. The van der Waals surface area contributed by atoms with Crippen molar-refractivity contribution in [2.24, 2.45) is 7.05 Å². The third kappa shape index (κ3) is 2.97. The topological polar surface area (TPSA) is 50.1 Å². The minimum absolute atomic E-state index is 0.612. The zero-order chi connectivity index (χ0) is 15.5. The molecule has 0 bridgehead atoms. The van der Waals surface area contributed by atoms with Crippen molar-refractivity contribution >= 4 is 5.95 Å². The van der Waals surface area contributed by atoms with Crippen molar-refractivity contribution in [2.45, 2.75) is 26.3 Å². The van der Waals surface area contributed by atoms with Gasteiger partial charge >= 0.3 is 0 Å². The van der Waals surface area contributed by atoms with Crippen LogP contribution < -0.4 is 4.90 Å². The zero-order valence-electron chi connectivity index (χ0n) is 13.6. The highest BCUT2D eigenvalue weighted by Crippen LogP contribution is 2.22. The Labute approximate surface area is 131 Å². The van der Waals surface area contributed by atoms with Gasteiger partial charge in [-0.1, -0.05) is 13.8 Å². The fraction of sp³-hybridized carbons (Fsp3) is 0.562. The van der Waals surface area contributed by atoms with Crippen LogP contribution in [0.4, 0.5) is 5.95 Å². The molecule has 6 nitrogen and oxygen atoms in total. The number of nitrogens with zero attached hydrogens (tertiary/aromatic N) is 6. The number of hydrogen-bond acceptors (Lipinski definition) is 5. The summed E-state index contributed by atoms with van der Waals surface area (Å²) in [5.41, 5.74) is 1.97. The Morgan fingerprint density at radius 3 is 2.82 bits per heavy atom. The number of rotatable bonds is 5. The highest BCUT2D eigenvalue weighted by molar-refractivity contribution is 5.58. The van der Waals surface area contributed by atoms with Crippen molar-refractivity contribution in [2.75, 3.05) is 31.1 Å². The van der Waals surface area contributed by atoms with Gasteiger partial charge in [-0.05, 0) is 25.6 Å². The third-order valence-corrected chi connectivity index (χ3v) is 4.42. The average molecular weight is 300 g/mol. The van der Waals surface area contributed by atoms with Gasteiger partial charge < -0.3 is 4.90 Å². The molecule has 0 unspecified atom stereocenters. The highest BCUT2D eigenvalue weighted by Gasteiger charge is 2.27. The van der Waals surface area contributed by atoms with Gasteiger partial charge in [0, 0.05) is 44.1 Å². The molecule has 1 fully saturated rings. The van der Waals surface area contributed by atoms with Crippen LogP contribution in [-0.4, -0.2) is 56.9 Å². The predicted octanol–water partition coefficient (Wildman–Crippen LogP) is 1.80. The van der Waals surface area contributed by atoms with Crippen LogP contribution in [0.25, 0.3) is 11.3 Å². The average Bonchev–Trinajstić information content (AvgIpc) is 3.18. The summed E-state index contributed by atoms with van der Waals surface area (Å²) < 4.78 is 1.80. The van der Waals surface area contributed by atoms with E-state index in [-0.39, 0.29) is 0 Å². The summed E-state index contributed by atoms with van der Waals surface area (Å²) in [5.74, 6) is 0.830. The molecular weight excluding hydrogens is 276 g/mol. The molecule has 22 heavy (non-hydrogen) atoms. The summed E-state index contributed by atoms with van der Waals surface area (Å²) in [6.45, 7) is 8.70. The first-order chi connectivity index (χ1) is 10.7. The summed E-state index contributed by atoms with van der Waals surface area (Å²) in [7, 11) is 1.92. The summed E-state index contributed by atoms with van der Waals surface area (Å²) in [6, 6.07) is 2.55. The number of anilines is 1. The van der Waals surface area contributed by atoms with E-state index in [1.807, 2.05) is 31.7 Å². The molecule has 2 aromatic heterocycles. The van der Waals surface area contributed by atoms with Gasteiger partial charge in [-0.2, -0.15) is 5.10 Å². The van der Waals surface area contributed by atoms with E-state index in [0.29, 0.717) is 6.04 Å². The van der Waals surface area contributed by atoms with E-state index >= 15 is 0 Å². The van der Waals surface area contributed by atoms with Crippen molar-refractivity contribution in [3.05, 3.63) is 24.7 Å². The first kappa shape index (κ1) is 15.0. The summed E-state index contributed by atoms with van der Waals surface area (Å²) >= 11 is 0. The lowest BCUT2D eigenvalue weighted by atomic mass is 10.2. The molecule has 0 spiro atoms. The molecule has 0 saturated carbocycles. The molecule has 1 saturated heterocycles. The van der Waals surface area contributed by atoms with Crippen LogP contribution in [0.15, 0.2) is 24.7 Å². The molecular formula is C16H24N6. The van der Waals surface area contributed by atoms with Crippen molar-refractivity contribution in [3.63, 3.8) is 0 Å². The van der Waals surface area contributed by atoms with Crippen LogP contribution in [0.1, 0.15) is 20.3 Å². The van der Waals surface area contributed by atoms with Gasteiger partial charge in [-0.15, -0.1) is 0 Å². The minimum atomic E-state index is 0.612. The Balaban J connectivity index is 1.76. The second kappa shape index (κ2) is 6.44. The fourth-order valence-electron chi connectivity index (χ4n) is 3.18. The Bertz CT molecular complexity index is 619. The number of hydrogen-bond donors (Lipinski definition) is 0. The molecule has 0 amide bonds. The monoisotopic (exact) mass is 300 g/mol. The maximum Gasteiger partial charge on any atom is 0.225 e. The van der Waals surface area contributed by atoms with Crippen LogP contribution in [0.5, 0.6) is 0 Å². The maximum absolute atomic E-state index is 4.73. The minimum Gasteiger partial charge on any atom is -0.339 e. The van der Waals surface area contributed by atoms with Gasteiger partial charge in [0.25, 0.3) is 0 Å². The lowest BCUT2D eigenvalue weighted by Crippen LogP contribution is -2.37. The Morgan fingerprint density at radius 1 is 1.32 bits per heavy atom. The maximum atomic E-state index is 4.73. The van der Waals surface area contributed by atoms with E-state index in [1.54, 1.807) is 4.68 Å². The predicted molar refractivity (Wildman–Crippen MR) is 87.8 cm³/mol. The van der Waals surface area contributed by atoms with Crippen molar-refractivity contribution in [1.82, 2.24) is 24.6 Å². The van der Waals surface area contributed by atoms with Crippen LogP contribution in [0.3, 0.4) is 0 Å². The Kier molecular flexibility index (Phi) is 4.38.